The van der Waals surface area contributed by atoms with E-state index in [-0.39, 0.29) is 0 Å². The topological polar surface area (TPSA) is 54.7 Å². The van der Waals surface area contributed by atoms with Crippen molar-refractivity contribution in [3.63, 3.8) is 0 Å². The Labute approximate surface area is 163 Å². The van der Waals surface area contributed by atoms with Crippen molar-refractivity contribution in [2.45, 2.75) is 25.3 Å². The normalized spacial score (nSPS) is 20.6. The smallest absolute Gasteiger partial charge is 0.165 e. The van der Waals surface area contributed by atoms with Gasteiger partial charge in [-0.2, -0.15) is 5.10 Å². The van der Waals surface area contributed by atoms with Crippen molar-refractivity contribution in [1.29, 1.82) is 0 Å². The Bertz CT molecular complexity index is 972. The number of fused-ring (bicyclic) bond motifs is 5. The SMILES string of the molecule is Clc1cc2cc(c1)-c1cnn3ccc(nc13)NCC[C@@H]1CCCN1CCO2. The Morgan fingerprint density at radius 2 is 2.15 bits per heavy atom. The summed E-state index contributed by atoms with van der Waals surface area (Å²) in [6, 6.07) is 8.40. The van der Waals surface area contributed by atoms with Crippen LogP contribution in [0.2, 0.25) is 5.02 Å². The largest absolute Gasteiger partial charge is 0.492 e. The summed E-state index contributed by atoms with van der Waals surface area (Å²) in [7, 11) is 0. The summed E-state index contributed by atoms with van der Waals surface area (Å²) in [6.07, 6.45) is 7.39. The minimum atomic E-state index is 0.607. The maximum Gasteiger partial charge on any atom is 0.165 e. The molecule has 0 aliphatic carbocycles. The summed E-state index contributed by atoms with van der Waals surface area (Å²) >= 11 is 6.37. The predicted molar refractivity (Wildman–Crippen MR) is 107 cm³/mol. The molecule has 1 fully saturated rings. The molecule has 5 rings (SSSR count). The molecule has 1 atom stereocenters. The summed E-state index contributed by atoms with van der Waals surface area (Å²) in [5, 5.41) is 8.56. The van der Waals surface area contributed by atoms with Gasteiger partial charge in [-0.15, -0.1) is 0 Å². The molecular weight excluding hydrogens is 362 g/mol. The van der Waals surface area contributed by atoms with Gasteiger partial charge in [0.05, 0.1) is 6.20 Å². The first-order valence-electron chi connectivity index (χ1n) is 9.52. The number of rotatable bonds is 0. The van der Waals surface area contributed by atoms with Crippen LogP contribution in [0.25, 0.3) is 16.8 Å². The van der Waals surface area contributed by atoms with E-state index in [1.807, 2.05) is 36.7 Å². The van der Waals surface area contributed by atoms with E-state index in [2.05, 4.69) is 15.3 Å². The Kier molecular flexibility index (Phi) is 4.38. The number of hydrogen-bond acceptors (Lipinski definition) is 5. The van der Waals surface area contributed by atoms with Crippen LogP contribution in [0.4, 0.5) is 5.82 Å². The summed E-state index contributed by atoms with van der Waals surface area (Å²) < 4.78 is 7.84. The van der Waals surface area contributed by atoms with Crippen LogP contribution < -0.4 is 10.1 Å². The lowest BCUT2D eigenvalue weighted by Gasteiger charge is -2.24. The number of ether oxygens (including phenoxy) is 1. The Morgan fingerprint density at radius 1 is 1.19 bits per heavy atom. The van der Waals surface area contributed by atoms with Crippen LogP contribution in [0.15, 0.2) is 36.7 Å². The molecule has 0 saturated carbocycles. The number of nitrogens with one attached hydrogen (secondary N) is 1. The molecule has 6 nitrogen and oxygen atoms in total. The van der Waals surface area contributed by atoms with Crippen molar-refractivity contribution in [1.82, 2.24) is 19.5 Å². The lowest BCUT2D eigenvalue weighted by Crippen LogP contribution is -2.34. The molecular formula is C20H22ClN5O. The van der Waals surface area contributed by atoms with E-state index in [0.29, 0.717) is 17.7 Å². The van der Waals surface area contributed by atoms with Gasteiger partial charge in [-0.05, 0) is 55.6 Å². The van der Waals surface area contributed by atoms with Crippen LogP contribution in [0, 0.1) is 0 Å². The Morgan fingerprint density at radius 3 is 3.11 bits per heavy atom. The Hall–Kier alpha value is -2.31. The van der Waals surface area contributed by atoms with E-state index in [1.54, 1.807) is 4.52 Å². The second kappa shape index (κ2) is 7.02. The average Bonchev–Trinajstić information content (AvgIpc) is 3.27. The fourth-order valence-electron chi connectivity index (χ4n) is 4.14. The van der Waals surface area contributed by atoms with Gasteiger partial charge in [-0.1, -0.05) is 11.6 Å². The molecule has 0 radical (unpaired) electrons. The third-order valence-electron chi connectivity index (χ3n) is 5.48. The van der Waals surface area contributed by atoms with Gasteiger partial charge in [0.2, 0.25) is 0 Å². The lowest BCUT2D eigenvalue weighted by atomic mass is 10.1. The Balaban J connectivity index is 1.56. The summed E-state index contributed by atoms with van der Waals surface area (Å²) in [5.74, 6) is 1.67. The van der Waals surface area contributed by atoms with Crippen molar-refractivity contribution in [2.75, 3.05) is 31.6 Å². The first-order chi connectivity index (χ1) is 13.3. The van der Waals surface area contributed by atoms with Crippen LogP contribution in [0.5, 0.6) is 5.75 Å². The van der Waals surface area contributed by atoms with Gasteiger partial charge in [-0.3, -0.25) is 4.90 Å². The molecule has 2 aliphatic heterocycles. The quantitative estimate of drug-likeness (QED) is 0.641. The molecule has 0 unspecified atom stereocenters. The molecule has 2 aromatic heterocycles. The first-order valence-corrected chi connectivity index (χ1v) is 9.90. The van der Waals surface area contributed by atoms with E-state index < -0.39 is 0 Å². The monoisotopic (exact) mass is 383 g/mol. The second-order valence-electron chi connectivity index (χ2n) is 7.21. The number of aromatic nitrogens is 3. The van der Waals surface area contributed by atoms with E-state index in [9.17, 15) is 0 Å². The van der Waals surface area contributed by atoms with Crippen molar-refractivity contribution >= 4 is 23.1 Å². The van der Waals surface area contributed by atoms with Crippen molar-refractivity contribution in [3.05, 3.63) is 41.7 Å². The second-order valence-corrected chi connectivity index (χ2v) is 7.65. The number of halogens is 1. The van der Waals surface area contributed by atoms with Crippen molar-refractivity contribution in [3.8, 4) is 16.9 Å². The molecule has 3 aromatic rings. The zero-order valence-electron chi connectivity index (χ0n) is 15.1. The molecule has 4 bridgehead atoms. The van der Waals surface area contributed by atoms with E-state index in [1.165, 1.54) is 12.8 Å². The summed E-state index contributed by atoms with van der Waals surface area (Å²) in [5.41, 5.74) is 2.72. The molecule has 7 heteroatoms. The fraction of sp³-hybridized carbons (Fsp3) is 0.400. The molecule has 4 heterocycles. The van der Waals surface area contributed by atoms with E-state index in [4.69, 9.17) is 21.3 Å². The predicted octanol–water partition coefficient (Wildman–Crippen LogP) is 3.71. The third kappa shape index (κ3) is 3.35. The molecule has 27 heavy (non-hydrogen) atoms. The molecule has 0 amide bonds. The molecule has 0 spiro atoms. The summed E-state index contributed by atoms with van der Waals surface area (Å²) in [6.45, 7) is 3.67. The minimum absolute atomic E-state index is 0.607. The highest BCUT2D eigenvalue weighted by Crippen LogP contribution is 2.31. The van der Waals surface area contributed by atoms with Crippen LogP contribution in [0.3, 0.4) is 0 Å². The van der Waals surface area contributed by atoms with Crippen LogP contribution in [-0.4, -0.2) is 51.8 Å². The molecule has 140 valence electrons. The van der Waals surface area contributed by atoms with Gasteiger partial charge in [-0.25, -0.2) is 9.50 Å². The van der Waals surface area contributed by atoms with Crippen molar-refractivity contribution in [2.24, 2.45) is 0 Å². The number of nitrogens with zero attached hydrogens (tertiary/aromatic N) is 4. The van der Waals surface area contributed by atoms with E-state index >= 15 is 0 Å². The van der Waals surface area contributed by atoms with Gasteiger partial charge < -0.3 is 10.1 Å². The fourth-order valence-corrected chi connectivity index (χ4v) is 4.36. The van der Waals surface area contributed by atoms with Crippen LogP contribution >= 0.6 is 11.6 Å². The molecule has 1 N–H and O–H groups in total. The zero-order chi connectivity index (χ0) is 18.2. The number of anilines is 1. The van der Waals surface area contributed by atoms with Crippen LogP contribution in [0.1, 0.15) is 19.3 Å². The minimum Gasteiger partial charge on any atom is -0.492 e. The molecule has 2 aliphatic rings. The maximum atomic E-state index is 6.37. The van der Waals surface area contributed by atoms with Gasteiger partial charge in [0.15, 0.2) is 5.65 Å². The first kappa shape index (κ1) is 16.8. The average molecular weight is 384 g/mol. The zero-order valence-corrected chi connectivity index (χ0v) is 15.8. The van der Waals surface area contributed by atoms with Gasteiger partial charge in [0, 0.05) is 35.9 Å². The molecule has 1 saturated heterocycles. The van der Waals surface area contributed by atoms with Crippen molar-refractivity contribution < 1.29 is 4.74 Å². The number of benzene rings is 1. The maximum absolute atomic E-state index is 6.37. The highest BCUT2D eigenvalue weighted by Gasteiger charge is 2.24. The molecule has 1 aromatic carbocycles. The van der Waals surface area contributed by atoms with E-state index in [0.717, 1.165) is 54.4 Å². The third-order valence-corrected chi connectivity index (χ3v) is 5.70. The van der Waals surface area contributed by atoms with Gasteiger partial charge in [0.1, 0.15) is 18.2 Å². The standard InChI is InChI=1S/C20H22ClN5O/c21-15-10-14-11-17(12-15)27-9-8-25-6-1-2-16(25)3-5-22-19-4-7-26-20(24-19)18(14)13-23-26/h4,7,10-13,16H,1-3,5-6,8-9H2,(H,22,24)/t16-/m0/s1. The highest BCUT2D eigenvalue weighted by molar-refractivity contribution is 6.31. The number of hydrogen-bond donors (Lipinski definition) is 1. The van der Waals surface area contributed by atoms with Gasteiger partial charge in [0.25, 0.3) is 0 Å². The summed E-state index contributed by atoms with van der Waals surface area (Å²) in [4.78, 5) is 7.33. The lowest BCUT2D eigenvalue weighted by molar-refractivity contribution is 0.193. The van der Waals surface area contributed by atoms with Gasteiger partial charge >= 0.3 is 0 Å². The highest BCUT2D eigenvalue weighted by atomic mass is 35.5. The van der Waals surface area contributed by atoms with Crippen LogP contribution in [-0.2, 0) is 0 Å².